The molecule has 0 unspecified atom stereocenters. The molecular weight excluding hydrogens is 391 g/mol. The fourth-order valence-electron chi connectivity index (χ4n) is 3.80. The van der Waals surface area contributed by atoms with Crippen molar-refractivity contribution in [2.75, 3.05) is 21.3 Å². The molecule has 4 heteroatoms. The first-order valence-electron chi connectivity index (χ1n) is 10.4. The molecule has 3 nitrogen and oxygen atoms in total. The second-order valence-electron chi connectivity index (χ2n) is 7.26. The third kappa shape index (κ3) is 4.63. The van der Waals surface area contributed by atoms with Gasteiger partial charge in [0, 0.05) is 15.9 Å². The van der Waals surface area contributed by atoms with Gasteiger partial charge in [-0.3, -0.25) is 0 Å². The van der Waals surface area contributed by atoms with Crippen molar-refractivity contribution in [3.63, 3.8) is 0 Å². The van der Waals surface area contributed by atoms with Gasteiger partial charge in [0.1, 0.15) is 17.2 Å². The fourth-order valence-corrected chi connectivity index (χ4v) is 6.59. The van der Waals surface area contributed by atoms with Crippen molar-refractivity contribution < 1.29 is 14.2 Å². The molecule has 0 fully saturated rings. The number of para-hydroxylation sites is 2. The number of rotatable bonds is 9. The van der Waals surface area contributed by atoms with Gasteiger partial charge >= 0.3 is 0 Å². The van der Waals surface area contributed by atoms with Crippen LogP contribution in [-0.4, -0.2) is 21.3 Å². The third-order valence-corrected chi connectivity index (χ3v) is 7.70. The van der Waals surface area contributed by atoms with Crippen LogP contribution in [0.4, 0.5) is 0 Å². The first-order chi connectivity index (χ1) is 14.6. The summed E-state index contributed by atoms with van der Waals surface area (Å²) >= 11 is 0. The molecular formula is C26H31O3P. The number of benzene rings is 3. The van der Waals surface area contributed by atoms with Crippen molar-refractivity contribution in [3.8, 4) is 17.2 Å². The summed E-state index contributed by atoms with van der Waals surface area (Å²) < 4.78 is 17.6. The molecule has 3 aromatic carbocycles. The average Bonchev–Trinajstić information content (AvgIpc) is 2.78. The topological polar surface area (TPSA) is 27.7 Å². The summed E-state index contributed by atoms with van der Waals surface area (Å²) in [6.45, 7) is 4.39. The fraction of sp³-hybridized carbons (Fsp3) is 0.308. The van der Waals surface area contributed by atoms with Crippen molar-refractivity contribution >= 4 is 23.8 Å². The van der Waals surface area contributed by atoms with E-state index < -0.39 is 7.92 Å². The molecule has 0 saturated heterocycles. The Balaban J connectivity index is 2.32. The van der Waals surface area contributed by atoms with Gasteiger partial charge in [0.05, 0.1) is 21.3 Å². The van der Waals surface area contributed by atoms with Gasteiger partial charge in [-0.1, -0.05) is 55.8 Å². The first kappa shape index (κ1) is 22.2. The lowest BCUT2D eigenvalue weighted by Crippen LogP contribution is -2.25. The number of ether oxygens (including phenoxy) is 3. The largest absolute Gasteiger partial charge is 0.496 e. The Morgan fingerprint density at radius 3 is 1.80 bits per heavy atom. The van der Waals surface area contributed by atoms with Crippen LogP contribution in [0, 0.1) is 6.92 Å². The van der Waals surface area contributed by atoms with Crippen LogP contribution in [0.25, 0.3) is 0 Å². The summed E-state index contributed by atoms with van der Waals surface area (Å²) in [5.74, 6) is 2.75. The molecule has 0 aliphatic heterocycles. The number of unbranched alkanes of at least 4 members (excludes halogenated alkanes) is 1. The van der Waals surface area contributed by atoms with E-state index in [0.717, 1.165) is 47.1 Å². The molecule has 0 atom stereocenters. The van der Waals surface area contributed by atoms with E-state index in [0.29, 0.717) is 0 Å². The van der Waals surface area contributed by atoms with Crippen LogP contribution < -0.4 is 30.1 Å². The maximum atomic E-state index is 6.03. The van der Waals surface area contributed by atoms with Crippen molar-refractivity contribution in [3.05, 3.63) is 71.8 Å². The van der Waals surface area contributed by atoms with Gasteiger partial charge in [0.2, 0.25) is 0 Å². The lowest BCUT2D eigenvalue weighted by Gasteiger charge is -2.26. The SMILES string of the molecule is CCCCc1cc(C)cc(P(c2ccccc2OC)c2ccccc2OC)c1OC. The first-order valence-corrected chi connectivity index (χ1v) is 11.7. The van der Waals surface area contributed by atoms with Gasteiger partial charge in [-0.2, -0.15) is 0 Å². The highest BCUT2D eigenvalue weighted by atomic mass is 31.1. The van der Waals surface area contributed by atoms with E-state index in [1.54, 1.807) is 21.3 Å². The van der Waals surface area contributed by atoms with E-state index in [9.17, 15) is 0 Å². The highest BCUT2D eigenvalue weighted by molar-refractivity contribution is 7.80. The van der Waals surface area contributed by atoms with Crippen LogP contribution in [0.2, 0.25) is 0 Å². The van der Waals surface area contributed by atoms with Crippen molar-refractivity contribution in [1.82, 2.24) is 0 Å². The minimum absolute atomic E-state index is 0.883. The molecule has 0 N–H and O–H groups in total. The van der Waals surface area contributed by atoms with Crippen LogP contribution in [-0.2, 0) is 6.42 Å². The van der Waals surface area contributed by atoms with Gasteiger partial charge < -0.3 is 14.2 Å². The molecule has 158 valence electrons. The van der Waals surface area contributed by atoms with E-state index >= 15 is 0 Å². The molecule has 3 rings (SSSR count). The molecule has 0 saturated carbocycles. The highest BCUT2D eigenvalue weighted by Crippen LogP contribution is 2.43. The molecule has 0 bridgehead atoms. The zero-order valence-electron chi connectivity index (χ0n) is 18.6. The minimum Gasteiger partial charge on any atom is -0.496 e. The Hall–Kier alpha value is -2.51. The monoisotopic (exact) mass is 422 g/mol. The highest BCUT2D eigenvalue weighted by Gasteiger charge is 2.27. The third-order valence-electron chi connectivity index (χ3n) is 5.19. The van der Waals surface area contributed by atoms with Gasteiger partial charge in [-0.15, -0.1) is 0 Å². The second kappa shape index (κ2) is 10.5. The molecule has 3 aromatic rings. The maximum absolute atomic E-state index is 6.03. The van der Waals surface area contributed by atoms with Crippen molar-refractivity contribution in [2.45, 2.75) is 33.1 Å². The number of methoxy groups -OCH3 is 3. The van der Waals surface area contributed by atoms with E-state index in [2.05, 4.69) is 50.2 Å². The van der Waals surface area contributed by atoms with E-state index in [4.69, 9.17) is 14.2 Å². The summed E-state index contributed by atoms with van der Waals surface area (Å²) in [6.07, 6.45) is 3.30. The smallest absolute Gasteiger partial charge is 0.130 e. The molecule has 0 spiro atoms. The Morgan fingerprint density at radius 2 is 1.30 bits per heavy atom. The second-order valence-corrected chi connectivity index (χ2v) is 9.38. The van der Waals surface area contributed by atoms with Crippen LogP contribution in [0.15, 0.2) is 60.7 Å². The Morgan fingerprint density at radius 1 is 0.733 bits per heavy atom. The summed E-state index contributed by atoms with van der Waals surface area (Å²) in [4.78, 5) is 0. The number of hydrogen-bond acceptors (Lipinski definition) is 3. The summed E-state index contributed by atoms with van der Waals surface area (Å²) in [5.41, 5.74) is 2.51. The molecule has 30 heavy (non-hydrogen) atoms. The van der Waals surface area contributed by atoms with Crippen LogP contribution >= 0.6 is 7.92 Å². The molecule has 0 amide bonds. The lowest BCUT2D eigenvalue weighted by molar-refractivity contribution is 0.412. The number of hydrogen-bond donors (Lipinski definition) is 0. The average molecular weight is 423 g/mol. The van der Waals surface area contributed by atoms with Crippen LogP contribution in [0.1, 0.15) is 30.9 Å². The molecule has 0 heterocycles. The molecule has 0 aliphatic carbocycles. The maximum Gasteiger partial charge on any atom is 0.130 e. The summed E-state index contributed by atoms with van der Waals surface area (Å²) in [7, 11) is 4.29. The Kier molecular flexibility index (Phi) is 7.76. The predicted octanol–water partition coefficient (Wildman–Crippen LogP) is 5.12. The standard InChI is InChI=1S/C26H31O3P/c1-6-7-12-20-17-19(2)18-25(26(20)29-5)30(23-15-10-8-13-21(23)27-3)24-16-11-9-14-22(24)28-4/h8-11,13-18H,6-7,12H2,1-5H3. The van der Waals surface area contributed by atoms with E-state index in [1.807, 2.05) is 24.3 Å². The van der Waals surface area contributed by atoms with Gasteiger partial charge in [-0.25, -0.2) is 0 Å². The molecule has 0 radical (unpaired) electrons. The van der Waals surface area contributed by atoms with Gasteiger partial charge in [0.25, 0.3) is 0 Å². The predicted molar refractivity (Wildman–Crippen MR) is 128 cm³/mol. The zero-order chi connectivity index (χ0) is 21.5. The Bertz CT molecular complexity index is 936. The van der Waals surface area contributed by atoms with Crippen molar-refractivity contribution in [1.29, 1.82) is 0 Å². The lowest BCUT2D eigenvalue weighted by atomic mass is 10.0. The van der Waals surface area contributed by atoms with Crippen LogP contribution in [0.3, 0.4) is 0 Å². The summed E-state index contributed by atoms with van der Waals surface area (Å²) in [6, 6.07) is 21.1. The van der Waals surface area contributed by atoms with Crippen LogP contribution in [0.5, 0.6) is 17.2 Å². The minimum atomic E-state index is -0.948. The van der Waals surface area contributed by atoms with Gasteiger partial charge in [-0.05, 0) is 57.0 Å². The van der Waals surface area contributed by atoms with E-state index in [1.165, 1.54) is 16.4 Å². The molecule has 0 aliphatic rings. The van der Waals surface area contributed by atoms with E-state index in [-0.39, 0.29) is 0 Å². The van der Waals surface area contributed by atoms with Crippen molar-refractivity contribution in [2.24, 2.45) is 0 Å². The quantitative estimate of drug-likeness (QED) is 0.448. The van der Waals surface area contributed by atoms with Gasteiger partial charge in [0.15, 0.2) is 0 Å². The summed E-state index contributed by atoms with van der Waals surface area (Å²) in [5, 5.41) is 3.52. The Labute approximate surface area is 181 Å². The molecule has 0 aromatic heterocycles. The normalized spacial score (nSPS) is 10.9. The number of aryl methyl sites for hydroxylation is 2. The zero-order valence-corrected chi connectivity index (χ0v) is 19.5.